The maximum atomic E-state index is 13.7. The Morgan fingerprint density at radius 2 is 1.85 bits per heavy atom. The van der Waals surface area contributed by atoms with Crippen molar-refractivity contribution in [1.29, 1.82) is 0 Å². The maximum absolute atomic E-state index is 13.7. The zero-order valence-electron chi connectivity index (χ0n) is 22.8. The Kier molecular flexibility index (Phi) is 9.91. The number of amides is 1. The first kappa shape index (κ1) is 28.8. The van der Waals surface area contributed by atoms with E-state index in [2.05, 4.69) is 10.3 Å². The number of nitrogens with one attached hydrogen (secondary N) is 1. The predicted octanol–water partition coefficient (Wildman–Crippen LogP) is 6.26. The molecule has 1 aromatic heterocycles. The van der Waals surface area contributed by atoms with E-state index in [9.17, 15) is 14.0 Å². The highest BCUT2D eigenvalue weighted by atomic mass is 32.2. The number of benzene rings is 3. The molecule has 0 saturated carbocycles. The van der Waals surface area contributed by atoms with E-state index >= 15 is 0 Å². The number of hydrogen-bond donors (Lipinski definition) is 1. The zero-order valence-corrected chi connectivity index (χ0v) is 23.6. The molecule has 4 aromatic rings. The number of rotatable bonds is 11. The second-order valence-electron chi connectivity index (χ2n) is 9.34. The lowest BCUT2D eigenvalue weighted by atomic mass is 9.94. The molecule has 3 aromatic carbocycles. The van der Waals surface area contributed by atoms with E-state index in [0.29, 0.717) is 24.3 Å². The van der Waals surface area contributed by atoms with E-state index in [-0.39, 0.29) is 11.7 Å². The fourth-order valence-electron chi connectivity index (χ4n) is 4.39. The molecule has 0 spiro atoms. The fraction of sp³-hybridized carbons (Fsp3) is 0.219. The summed E-state index contributed by atoms with van der Waals surface area (Å²) in [6, 6.07) is 20.9. The van der Waals surface area contributed by atoms with Gasteiger partial charge in [0.15, 0.2) is 0 Å². The van der Waals surface area contributed by atoms with Crippen molar-refractivity contribution >= 4 is 35.3 Å². The number of thioether (sulfide) groups is 1. The van der Waals surface area contributed by atoms with Gasteiger partial charge in [-0.1, -0.05) is 48.5 Å². The number of hydrogen-bond acceptors (Lipinski definition) is 5. The first-order valence-corrected chi connectivity index (χ1v) is 14.3. The average Bonchev–Trinajstić information content (AvgIpc) is 3.39. The highest BCUT2D eigenvalue weighted by Gasteiger charge is 2.23. The van der Waals surface area contributed by atoms with Crippen molar-refractivity contribution in [3.05, 3.63) is 114 Å². The van der Waals surface area contributed by atoms with Crippen LogP contribution in [0.4, 0.5) is 4.39 Å². The summed E-state index contributed by atoms with van der Waals surface area (Å²) in [6.07, 6.45) is 8.02. The quantitative estimate of drug-likeness (QED) is 0.174. The monoisotopic (exact) mass is 557 g/mol. The summed E-state index contributed by atoms with van der Waals surface area (Å²) in [5.41, 5.74) is 5.78. The van der Waals surface area contributed by atoms with Crippen molar-refractivity contribution in [2.75, 3.05) is 19.1 Å². The van der Waals surface area contributed by atoms with Crippen molar-refractivity contribution in [2.24, 2.45) is 0 Å². The van der Waals surface area contributed by atoms with Crippen molar-refractivity contribution in [1.82, 2.24) is 14.9 Å². The van der Waals surface area contributed by atoms with Gasteiger partial charge < -0.3 is 14.6 Å². The second kappa shape index (κ2) is 13.8. The van der Waals surface area contributed by atoms with Crippen molar-refractivity contribution in [2.45, 2.75) is 25.9 Å². The Hall–Kier alpha value is -4.17. The third-order valence-electron chi connectivity index (χ3n) is 6.59. The molecule has 0 saturated heterocycles. The summed E-state index contributed by atoms with van der Waals surface area (Å²) in [7, 11) is 1.32. The van der Waals surface area contributed by atoms with Crippen LogP contribution >= 0.6 is 11.8 Å². The van der Waals surface area contributed by atoms with Crippen LogP contribution in [0.3, 0.4) is 0 Å². The molecule has 8 heteroatoms. The number of carbonyl (C=O) groups is 2. The average molecular weight is 558 g/mol. The van der Waals surface area contributed by atoms with Gasteiger partial charge in [0.05, 0.1) is 13.4 Å². The summed E-state index contributed by atoms with van der Waals surface area (Å²) in [5, 5.41) is 2.87. The molecular weight excluding hydrogens is 525 g/mol. The second-order valence-corrected chi connectivity index (χ2v) is 10.3. The van der Waals surface area contributed by atoms with Crippen molar-refractivity contribution in [3.8, 4) is 11.1 Å². The van der Waals surface area contributed by atoms with Crippen LogP contribution in [0.2, 0.25) is 0 Å². The van der Waals surface area contributed by atoms with E-state index in [4.69, 9.17) is 4.74 Å². The summed E-state index contributed by atoms with van der Waals surface area (Å²) in [6.45, 7) is 2.52. The standard InChI is InChI=1S/C32H32FN3O3S/c1-22-19-34-21-36(22)20-26(24-10-12-27(33)13-11-24)17-23-9-14-28(29(18-23)25-7-5-4-6-8-25)31(37)35-30(15-16-40-3)32(38)39-2/h4-14,17-19,21,30H,15-16,20H2,1-3H3,(H,35,37)/b26-17-/t30-/m0/s1. The van der Waals surface area contributed by atoms with Crippen LogP contribution in [0.5, 0.6) is 0 Å². The lowest BCUT2D eigenvalue weighted by Gasteiger charge is -2.18. The minimum Gasteiger partial charge on any atom is -0.467 e. The number of imidazole rings is 1. The summed E-state index contributed by atoms with van der Waals surface area (Å²) in [5.74, 6) is -0.412. The minimum atomic E-state index is -0.739. The lowest BCUT2D eigenvalue weighted by Crippen LogP contribution is -2.42. The molecular formula is C32H32FN3O3S. The lowest BCUT2D eigenvalue weighted by molar-refractivity contribution is -0.142. The molecule has 1 atom stereocenters. The van der Waals surface area contributed by atoms with Gasteiger partial charge >= 0.3 is 5.97 Å². The molecule has 6 nitrogen and oxygen atoms in total. The molecule has 40 heavy (non-hydrogen) atoms. The van der Waals surface area contributed by atoms with E-state index in [0.717, 1.165) is 33.5 Å². The third-order valence-corrected chi connectivity index (χ3v) is 7.24. The SMILES string of the molecule is COC(=O)[C@H](CCSC)NC(=O)c1ccc(/C=C(/Cn2cncc2C)c2ccc(F)cc2)cc1-c1ccccc1. The number of allylic oxidation sites excluding steroid dienone is 1. The summed E-state index contributed by atoms with van der Waals surface area (Å²) >= 11 is 1.60. The minimum absolute atomic E-state index is 0.300. The molecule has 1 amide bonds. The van der Waals surface area contributed by atoms with Crippen LogP contribution in [0, 0.1) is 12.7 Å². The molecule has 1 N–H and O–H groups in total. The highest BCUT2D eigenvalue weighted by Crippen LogP contribution is 2.28. The Bertz CT molecular complexity index is 1480. The van der Waals surface area contributed by atoms with Crippen LogP contribution in [0.15, 0.2) is 85.3 Å². The molecule has 4 rings (SSSR count). The largest absolute Gasteiger partial charge is 0.467 e. The highest BCUT2D eigenvalue weighted by molar-refractivity contribution is 7.98. The normalized spacial score (nSPS) is 12.2. The van der Waals surface area contributed by atoms with Crippen LogP contribution in [-0.2, 0) is 16.1 Å². The molecule has 0 aliphatic rings. The van der Waals surface area contributed by atoms with Crippen molar-refractivity contribution < 1.29 is 18.7 Å². The van der Waals surface area contributed by atoms with Gasteiger partial charge in [-0.25, -0.2) is 14.2 Å². The Labute approximate surface area is 238 Å². The third kappa shape index (κ3) is 7.27. The molecule has 206 valence electrons. The van der Waals surface area contributed by atoms with Gasteiger partial charge in [0.25, 0.3) is 5.91 Å². The molecule has 0 aliphatic carbocycles. The van der Waals surface area contributed by atoms with Gasteiger partial charge in [0.1, 0.15) is 11.9 Å². The molecule has 0 bridgehead atoms. The molecule has 0 unspecified atom stereocenters. The topological polar surface area (TPSA) is 73.2 Å². The number of ether oxygens (including phenoxy) is 1. The fourth-order valence-corrected chi connectivity index (χ4v) is 4.86. The van der Waals surface area contributed by atoms with Crippen LogP contribution in [-0.4, -0.2) is 46.6 Å². The zero-order chi connectivity index (χ0) is 28.5. The van der Waals surface area contributed by atoms with Gasteiger partial charge in [-0.05, 0) is 83.5 Å². The predicted molar refractivity (Wildman–Crippen MR) is 159 cm³/mol. The molecule has 0 fully saturated rings. The van der Waals surface area contributed by atoms with Crippen molar-refractivity contribution in [3.63, 3.8) is 0 Å². The molecule has 0 radical (unpaired) electrons. The van der Waals surface area contributed by atoms with Gasteiger partial charge in [-0.15, -0.1) is 0 Å². The summed E-state index contributed by atoms with van der Waals surface area (Å²) in [4.78, 5) is 30.1. The Balaban J connectivity index is 1.76. The van der Waals surface area contributed by atoms with E-state index in [1.807, 2.05) is 66.3 Å². The van der Waals surface area contributed by atoms with Gasteiger partial charge in [-0.2, -0.15) is 11.8 Å². The number of aromatic nitrogens is 2. The Morgan fingerprint density at radius 3 is 2.50 bits per heavy atom. The van der Waals surface area contributed by atoms with E-state index in [1.54, 1.807) is 42.5 Å². The number of aryl methyl sites for hydroxylation is 1. The number of carbonyl (C=O) groups excluding carboxylic acids is 2. The Morgan fingerprint density at radius 1 is 1.10 bits per heavy atom. The first-order valence-electron chi connectivity index (χ1n) is 12.9. The molecule has 1 heterocycles. The van der Waals surface area contributed by atoms with Crippen LogP contribution < -0.4 is 5.32 Å². The smallest absolute Gasteiger partial charge is 0.328 e. The van der Waals surface area contributed by atoms with E-state index in [1.165, 1.54) is 19.2 Å². The number of halogens is 1. The van der Waals surface area contributed by atoms with Gasteiger partial charge in [0, 0.05) is 24.0 Å². The van der Waals surface area contributed by atoms with Gasteiger partial charge in [-0.3, -0.25) is 4.79 Å². The molecule has 0 aliphatic heterocycles. The number of methoxy groups -OCH3 is 1. The van der Waals surface area contributed by atoms with Gasteiger partial charge in [0.2, 0.25) is 0 Å². The maximum Gasteiger partial charge on any atom is 0.328 e. The number of esters is 1. The first-order chi connectivity index (χ1) is 19.4. The summed E-state index contributed by atoms with van der Waals surface area (Å²) < 4.78 is 20.7. The van der Waals surface area contributed by atoms with E-state index < -0.39 is 12.0 Å². The van der Waals surface area contributed by atoms with Crippen LogP contribution in [0.1, 0.15) is 33.6 Å². The van der Waals surface area contributed by atoms with Crippen LogP contribution in [0.25, 0.3) is 22.8 Å². The number of nitrogens with zero attached hydrogens (tertiary/aromatic N) is 2.